The molecule has 2 rings (SSSR count). The molecule has 0 saturated carbocycles. The largest absolute Gasteiger partial charge is 0.479 e. The molecule has 6 nitrogen and oxygen atoms in total. The molecule has 0 radical (unpaired) electrons. The van der Waals surface area contributed by atoms with Crippen LogP contribution in [0.1, 0.15) is 29.8 Å². The summed E-state index contributed by atoms with van der Waals surface area (Å²) in [6.07, 6.45) is -0.752. The highest BCUT2D eigenvalue weighted by molar-refractivity contribution is 6.04. The number of rotatable bonds is 9. The predicted molar refractivity (Wildman–Crippen MR) is 103 cm³/mol. The summed E-state index contributed by atoms with van der Waals surface area (Å²) in [5, 5.41) is 2.87. The van der Waals surface area contributed by atoms with Gasteiger partial charge in [0.1, 0.15) is 12.4 Å². The molecular weight excluding hydrogens is 346 g/mol. The average Bonchev–Trinajstić information content (AvgIpc) is 2.67. The van der Waals surface area contributed by atoms with E-state index in [1.54, 1.807) is 31.2 Å². The van der Waals surface area contributed by atoms with Crippen molar-refractivity contribution < 1.29 is 23.8 Å². The van der Waals surface area contributed by atoms with Crippen molar-refractivity contribution in [2.45, 2.75) is 26.9 Å². The van der Waals surface area contributed by atoms with Gasteiger partial charge in [0.2, 0.25) is 0 Å². The lowest BCUT2D eigenvalue weighted by atomic mass is 10.1. The zero-order chi connectivity index (χ0) is 19.6. The summed E-state index contributed by atoms with van der Waals surface area (Å²) < 4.78 is 15.7. The van der Waals surface area contributed by atoms with Crippen LogP contribution in [-0.2, 0) is 14.3 Å². The van der Waals surface area contributed by atoms with Gasteiger partial charge in [0.15, 0.2) is 6.10 Å². The fraction of sp³-hybridized carbons (Fsp3) is 0.333. The number of hydrogen-bond acceptors (Lipinski definition) is 5. The molecule has 0 bridgehead atoms. The number of aryl methyl sites for hydroxylation is 1. The van der Waals surface area contributed by atoms with Gasteiger partial charge < -0.3 is 19.5 Å². The van der Waals surface area contributed by atoms with E-state index in [1.165, 1.54) is 0 Å². The number of hydrogen-bond donors (Lipinski definition) is 1. The van der Waals surface area contributed by atoms with Crippen molar-refractivity contribution in [1.82, 2.24) is 0 Å². The second-order valence-corrected chi connectivity index (χ2v) is 5.92. The molecule has 0 fully saturated rings. The molecular formula is C21H25NO5. The number of nitrogens with one attached hydrogen (secondary N) is 1. The van der Waals surface area contributed by atoms with Crippen LogP contribution in [0.2, 0.25) is 0 Å². The third-order valence-corrected chi connectivity index (χ3v) is 3.83. The maximum Gasteiger partial charge on any atom is 0.347 e. The number of anilines is 1. The van der Waals surface area contributed by atoms with Crippen LogP contribution >= 0.6 is 0 Å². The van der Waals surface area contributed by atoms with Gasteiger partial charge in [0.05, 0.1) is 6.61 Å². The molecule has 2 aromatic carbocycles. The predicted octanol–water partition coefficient (Wildman–Crippen LogP) is 3.59. The lowest BCUT2D eigenvalue weighted by Crippen LogP contribution is -2.27. The number of benzene rings is 2. The Hall–Kier alpha value is -2.86. The fourth-order valence-electron chi connectivity index (χ4n) is 2.31. The minimum atomic E-state index is -0.752. The number of carbonyl (C=O) groups excluding carboxylic acids is 2. The van der Waals surface area contributed by atoms with Crippen LogP contribution in [0.4, 0.5) is 5.69 Å². The monoisotopic (exact) mass is 371 g/mol. The first-order valence-electron chi connectivity index (χ1n) is 8.89. The summed E-state index contributed by atoms with van der Waals surface area (Å²) in [7, 11) is 0. The number of esters is 1. The normalized spacial score (nSPS) is 11.5. The van der Waals surface area contributed by atoms with Crippen LogP contribution in [0.5, 0.6) is 5.75 Å². The van der Waals surface area contributed by atoms with Crippen molar-refractivity contribution in [3.63, 3.8) is 0 Å². The minimum absolute atomic E-state index is 0.193. The Morgan fingerprint density at radius 1 is 1.04 bits per heavy atom. The summed E-state index contributed by atoms with van der Waals surface area (Å²) in [5.74, 6) is -0.188. The highest BCUT2D eigenvalue weighted by atomic mass is 16.6. The van der Waals surface area contributed by atoms with Crippen molar-refractivity contribution in [3.05, 3.63) is 59.7 Å². The Morgan fingerprint density at radius 3 is 2.41 bits per heavy atom. The van der Waals surface area contributed by atoms with Crippen molar-refractivity contribution in [2.75, 3.05) is 25.1 Å². The van der Waals surface area contributed by atoms with Gasteiger partial charge in [-0.05, 0) is 56.7 Å². The van der Waals surface area contributed by atoms with Crippen molar-refractivity contribution >= 4 is 17.6 Å². The second kappa shape index (κ2) is 10.3. The Balaban J connectivity index is 1.88. The molecule has 0 aliphatic carbocycles. The summed E-state index contributed by atoms with van der Waals surface area (Å²) >= 11 is 0. The third-order valence-electron chi connectivity index (χ3n) is 3.83. The van der Waals surface area contributed by atoms with Crippen LogP contribution in [0.15, 0.2) is 48.5 Å². The van der Waals surface area contributed by atoms with Crippen LogP contribution in [0, 0.1) is 6.92 Å². The zero-order valence-electron chi connectivity index (χ0n) is 15.9. The van der Waals surface area contributed by atoms with Gasteiger partial charge in [0, 0.05) is 17.9 Å². The second-order valence-electron chi connectivity index (χ2n) is 5.92. The quantitative estimate of drug-likeness (QED) is 0.539. The lowest BCUT2D eigenvalue weighted by Gasteiger charge is -2.14. The van der Waals surface area contributed by atoms with Crippen molar-refractivity contribution in [3.8, 4) is 5.75 Å². The molecule has 2 aromatic rings. The molecule has 144 valence electrons. The molecule has 0 heterocycles. The van der Waals surface area contributed by atoms with E-state index in [0.717, 1.165) is 11.3 Å². The van der Waals surface area contributed by atoms with Gasteiger partial charge in [-0.1, -0.05) is 18.2 Å². The maximum atomic E-state index is 12.3. The number of ether oxygens (including phenoxy) is 3. The first kappa shape index (κ1) is 20.5. The van der Waals surface area contributed by atoms with Gasteiger partial charge in [-0.25, -0.2) is 4.79 Å². The standard InChI is InChI=1S/C21H25NO5/c1-4-25-13-14-26-21(24)16(3)27-18-11-9-17(10-12-18)20(23)22-19-8-6-5-7-15(19)2/h5-12,16H,4,13-14H2,1-3H3,(H,22,23). The summed E-state index contributed by atoms with van der Waals surface area (Å²) in [4.78, 5) is 24.2. The van der Waals surface area contributed by atoms with Gasteiger partial charge in [0.25, 0.3) is 5.91 Å². The Kier molecular flexibility index (Phi) is 7.82. The maximum absolute atomic E-state index is 12.3. The molecule has 1 unspecified atom stereocenters. The smallest absolute Gasteiger partial charge is 0.347 e. The SMILES string of the molecule is CCOCCOC(=O)C(C)Oc1ccc(C(=O)Nc2ccccc2C)cc1. The van der Waals surface area contributed by atoms with Crippen LogP contribution < -0.4 is 10.1 Å². The topological polar surface area (TPSA) is 73.9 Å². The van der Waals surface area contributed by atoms with Crippen LogP contribution in [-0.4, -0.2) is 37.8 Å². The number of amides is 1. The van der Waals surface area contributed by atoms with E-state index in [9.17, 15) is 9.59 Å². The van der Waals surface area contributed by atoms with E-state index in [2.05, 4.69) is 5.32 Å². The van der Waals surface area contributed by atoms with E-state index in [4.69, 9.17) is 14.2 Å². The third kappa shape index (κ3) is 6.42. The Morgan fingerprint density at radius 2 is 1.74 bits per heavy atom. The van der Waals surface area contributed by atoms with Gasteiger partial charge in [-0.3, -0.25) is 4.79 Å². The van der Waals surface area contributed by atoms with E-state index in [1.807, 2.05) is 38.1 Å². The molecule has 0 aliphatic heterocycles. The van der Waals surface area contributed by atoms with E-state index in [-0.39, 0.29) is 12.5 Å². The van der Waals surface area contributed by atoms with Gasteiger partial charge >= 0.3 is 5.97 Å². The minimum Gasteiger partial charge on any atom is -0.479 e. The van der Waals surface area contributed by atoms with Gasteiger partial charge in [-0.2, -0.15) is 0 Å². The van der Waals surface area contributed by atoms with Crippen molar-refractivity contribution in [1.29, 1.82) is 0 Å². The number of para-hydroxylation sites is 1. The molecule has 0 aliphatic rings. The highest BCUT2D eigenvalue weighted by Gasteiger charge is 2.16. The molecule has 0 spiro atoms. The molecule has 1 amide bonds. The first-order valence-corrected chi connectivity index (χ1v) is 8.89. The molecule has 0 aromatic heterocycles. The molecule has 1 N–H and O–H groups in total. The van der Waals surface area contributed by atoms with Crippen LogP contribution in [0.3, 0.4) is 0 Å². The van der Waals surface area contributed by atoms with E-state index < -0.39 is 12.1 Å². The first-order chi connectivity index (χ1) is 13.0. The summed E-state index contributed by atoms with van der Waals surface area (Å²) in [5.41, 5.74) is 2.26. The van der Waals surface area contributed by atoms with Gasteiger partial charge in [-0.15, -0.1) is 0 Å². The Labute approximate surface area is 159 Å². The molecule has 27 heavy (non-hydrogen) atoms. The molecule has 1 atom stereocenters. The summed E-state index contributed by atoms with van der Waals surface area (Å²) in [6.45, 7) is 6.55. The summed E-state index contributed by atoms with van der Waals surface area (Å²) in [6, 6.07) is 14.2. The highest BCUT2D eigenvalue weighted by Crippen LogP contribution is 2.17. The fourth-order valence-corrected chi connectivity index (χ4v) is 2.31. The number of carbonyl (C=O) groups is 2. The lowest BCUT2D eigenvalue weighted by molar-refractivity contribution is -0.152. The zero-order valence-corrected chi connectivity index (χ0v) is 15.9. The van der Waals surface area contributed by atoms with Crippen molar-refractivity contribution in [2.24, 2.45) is 0 Å². The average molecular weight is 371 g/mol. The van der Waals surface area contributed by atoms with Crippen LogP contribution in [0.25, 0.3) is 0 Å². The van der Waals surface area contributed by atoms with E-state index in [0.29, 0.717) is 24.5 Å². The van der Waals surface area contributed by atoms with E-state index >= 15 is 0 Å². The Bertz CT molecular complexity index is 757. The molecule has 0 saturated heterocycles. The molecule has 6 heteroatoms.